The van der Waals surface area contributed by atoms with Crippen molar-refractivity contribution >= 4 is 23.5 Å². The molecular weight excluding hydrogens is 474 g/mol. The van der Waals surface area contributed by atoms with Crippen LogP contribution in [-0.2, 0) is 19.1 Å². The molecule has 1 heterocycles. The smallest absolute Gasteiger partial charge is 0.415 e. The first-order valence-corrected chi connectivity index (χ1v) is 12.2. The molecule has 1 aliphatic heterocycles. The van der Waals surface area contributed by atoms with Crippen LogP contribution in [0.5, 0.6) is 5.75 Å². The van der Waals surface area contributed by atoms with Gasteiger partial charge in [-0.05, 0) is 95.1 Å². The fourth-order valence-electron chi connectivity index (χ4n) is 3.89. The Labute approximate surface area is 217 Å². The van der Waals surface area contributed by atoms with E-state index in [0.717, 1.165) is 11.3 Å². The number of nitriles is 1. The molecule has 2 aromatic rings. The van der Waals surface area contributed by atoms with E-state index in [4.69, 9.17) is 19.0 Å². The van der Waals surface area contributed by atoms with Gasteiger partial charge in [-0.1, -0.05) is 5.16 Å². The maximum absolute atomic E-state index is 13.6. The van der Waals surface area contributed by atoms with E-state index < -0.39 is 23.7 Å². The van der Waals surface area contributed by atoms with Crippen molar-refractivity contribution < 1.29 is 28.6 Å². The Morgan fingerprint density at radius 2 is 1.86 bits per heavy atom. The number of hydrogen-bond donors (Lipinski definition) is 0. The van der Waals surface area contributed by atoms with E-state index in [9.17, 15) is 14.9 Å². The minimum atomic E-state index is -1.20. The Bertz CT molecular complexity index is 1190. The molecule has 0 radical (unpaired) electrons. The zero-order chi connectivity index (χ0) is 27.2. The average Bonchev–Trinajstić information content (AvgIpc) is 3.28. The van der Waals surface area contributed by atoms with Gasteiger partial charge in [0.15, 0.2) is 12.1 Å². The van der Waals surface area contributed by atoms with Gasteiger partial charge < -0.3 is 19.0 Å². The van der Waals surface area contributed by atoms with Gasteiger partial charge in [0.25, 0.3) is 0 Å². The van der Waals surface area contributed by atoms with Crippen molar-refractivity contribution in [1.82, 2.24) is 0 Å². The van der Waals surface area contributed by atoms with Crippen LogP contribution < -0.4 is 9.64 Å². The lowest BCUT2D eigenvalue weighted by Crippen LogP contribution is -2.43. The molecule has 0 aliphatic carbocycles. The monoisotopic (exact) mass is 507 g/mol. The van der Waals surface area contributed by atoms with Gasteiger partial charge in [0, 0.05) is 12.1 Å². The van der Waals surface area contributed by atoms with Gasteiger partial charge in [-0.25, -0.2) is 9.59 Å². The minimum Gasteiger partial charge on any atom is -0.494 e. The van der Waals surface area contributed by atoms with E-state index in [0.29, 0.717) is 35.6 Å². The Morgan fingerprint density at radius 1 is 1.16 bits per heavy atom. The van der Waals surface area contributed by atoms with Crippen molar-refractivity contribution in [1.29, 1.82) is 5.26 Å². The number of carbonyl (C=O) groups is 2. The third-order valence-electron chi connectivity index (χ3n) is 5.40. The van der Waals surface area contributed by atoms with Crippen molar-refractivity contribution in [2.75, 3.05) is 18.1 Å². The summed E-state index contributed by atoms with van der Waals surface area (Å²) < 4.78 is 16.9. The topological polar surface area (TPSA) is 110 Å². The zero-order valence-electron chi connectivity index (χ0n) is 22.1. The Morgan fingerprint density at radius 3 is 2.41 bits per heavy atom. The highest BCUT2D eigenvalue weighted by molar-refractivity contribution is 5.96. The molecule has 3 rings (SSSR count). The molecule has 0 N–H and O–H groups in total. The van der Waals surface area contributed by atoms with E-state index in [1.807, 2.05) is 19.9 Å². The minimum absolute atomic E-state index is 0.113. The fraction of sp³-hybridized carbons (Fsp3) is 0.429. The third-order valence-corrected chi connectivity index (χ3v) is 5.40. The molecule has 1 amide bonds. The van der Waals surface area contributed by atoms with Crippen molar-refractivity contribution in [2.45, 2.75) is 65.7 Å². The molecule has 1 aliphatic rings. The summed E-state index contributed by atoms with van der Waals surface area (Å²) in [4.78, 5) is 33.9. The predicted octanol–water partition coefficient (Wildman–Crippen LogP) is 5.84. The van der Waals surface area contributed by atoms with Gasteiger partial charge in [0.2, 0.25) is 0 Å². The number of anilines is 1. The number of amides is 1. The number of carbonyl (C=O) groups excluding carboxylic acids is 2. The van der Waals surface area contributed by atoms with Crippen molar-refractivity contribution in [3.05, 3.63) is 59.2 Å². The summed E-state index contributed by atoms with van der Waals surface area (Å²) in [5, 5.41) is 13.3. The standard InChI is InChI=1S/C28H33N3O6/c1-7-34-23-15-20(24-13-18(3)30-37-24)14-21(16-23)25(26(32)35-8-2)31(27(33)36-28(4,5)6)22-11-9-19(17-29)10-12-22/h9-12,14-16,24-25H,7-8,13H2,1-6H3. The second-order valence-electron chi connectivity index (χ2n) is 9.56. The highest BCUT2D eigenvalue weighted by Gasteiger charge is 2.38. The van der Waals surface area contributed by atoms with E-state index in [1.54, 1.807) is 64.1 Å². The predicted molar refractivity (Wildman–Crippen MR) is 138 cm³/mol. The van der Waals surface area contributed by atoms with E-state index in [2.05, 4.69) is 11.2 Å². The lowest BCUT2D eigenvalue weighted by atomic mass is 9.97. The molecule has 0 saturated heterocycles. The Balaban J connectivity index is 2.20. The first kappa shape index (κ1) is 27.5. The summed E-state index contributed by atoms with van der Waals surface area (Å²) in [6, 6.07) is 12.5. The molecule has 9 nitrogen and oxygen atoms in total. The molecule has 0 fully saturated rings. The van der Waals surface area contributed by atoms with Crippen molar-refractivity contribution in [2.24, 2.45) is 5.16 Å². The highest BCUT2D eigenvalue weighted by atomic mass is 16.6. The lowest BCUT2D eigenvalue weighted by Gasteiger charge is -2.33. The van der Waals surface area contributed by atoms with E-state index >= 15 is 0 Å². The summed E-state index contributed by atoms with van der Waals surface area (Å²) >= 11 is 0. The molecule has 0 saturated carbocycles. The van der Waals surface area contributed by atoms with Crippen LogP contribution in [0.3, 0.4) is 0 Å². The number of ether oxygens (including phenoxy) is 3. The molecule has 2 atom stereocenters. The Kier molecular flexibility index (Phi) is 8.77. The molecule has 2 unspecified atom stereocenters. The van der Waals surface area contributed by atoms with Crippen LogP contribution in [-0.4, -0.2) is 36.6 Å². The summed E-state index contributed by atoms with van der Waals surface area (Å²) in [5.41, 5.74) is 2.01. The maximum atomic E-state index is 13.6. The zero-order valence-corrected chi connectivity index (χ0v) is 22.1. The number of benzene rings is 2. The van der Waals surface area contributed by atoms with Gasteiger partial charge in [0.05, 0.1) is 30.6 Å². The van der Waals surface area contributed by atoms with E-state index in [-0.39, 0.29) is 12.7 Å². The van der Waals surface area contributed by atoms with Crippen LogP contribution >= 0.6 is 0 Å². The Hall–Kier alpha value is -4.06. The van der Waals surface area contributed by atoms with Crippen molar-refractivity contribution in [3.63, 3.8) is 0 Å². The number of esters is 1. The van der Waals surface area contributed by atoms with Gasteiger partial charge in [0.1, 0.15) is 11.4 Å². The summed E-state index contributed by atoms with van der Waals surface area (Å²) in [6.45, 7) is 11.2. The van der Waals surface area contributed by atoms with Crippen LogP contribution in [0.4, 0.5) is 10.5 Å². The molecule has 0 spiro atoms. The van der Waals surface area contributed by atoms with Gasteiger partial charge >= 0.3 is 12.1 Å². The number of hydrogen-bond acceptors (Lipinski definition) is 8. The quantitative estimate of drug-likeness (QED) is 0.413. The largest absolute Gasteiger partial charge is 0.494 e. The average molecular weight is 508 g/mol. The molecule has 9 heteroatoms. The van der Waals surface area contributed by atoms with Gasteiger partial charge in [-0.2, -0.15) is 5.26 Å². The molecule has 196 valence electrons. The maximum Gasteiger partial charge on any atom is 0.415 e. The summed E-state index contributed by atoms with van der Waals surface area (Å²) in [7, 11) is 0. The molecule has 2 aromatic carbocycles. The van der Waals surface area contributed by atoms with Crippen LogP contribution in [0.1, 0.15) is 76.8 Å². The van der Waals surface area contributed by atoms with Gasteiger partial charge in [-0.15, -0.1) is 0 Å². The normalized spacial score (nSPS) is 15.6. The SMILES string of the molecule is CCOC(=O)C(c1cc(OCC)cc(C2CC(C)=NO2)c1)N(C(=O)OC(C)(C)C)c1ccc(C#N)cc1. The summed E-state index contributed by atoms with van der Waals surface area (Å²) in [5.74, 6) is -0.126. The van der Waals surface area contributed by atoms with Crippen LogP contribution in [0, 0.1) is 11.3 Å². The first-order chi connectivity index (χ1) is 17.6. The van der Waals surface area contributed by atoms with Crippen LogP contribution in [0.15, 0.2) is 47.6 Å². The molecule has 0 bridgehead atoms. The third kappa shape index (κ3) is 7.00. The number of nitrogens with zero attached hydrogens (tertiary/aromatic N) is 3. The summed E-state index contributed by atoms with van der Waals surface area (Å²) in [6.07, 6.45) is -0.508. The second-order valence-corrected chi connectivity index (χ2v) is 9.56. The van der Waals surface area contributed by atoms with Crippen molar-refractivity contribution in [3.8, 4) is 11.8 Å². The number of rotatable bonds is 8. The number of oxime groups is 1. The second kappa shape index (κ2) is 11.8. The van der Waals surface area contributed by atoms with Crippen LogP contribution in [0.2, 0.25) is 0 Å². The van der Waals surface area contributed by atoms with Crippen LogP contribution in [0.25, 0.3) is 0 Å². The fourth-order valence-corrected chi connectivity index (χ4v) is 3.89. The lowest BCUT2D eigenvalue weighted by molar-refractivity contribution is -0.145. The molecular formula is C28H33N3O6. The highest BCUT2D eigenvalue weighted by Crippen LogP contribution is 2.37. The van der Waals surface area contributed by atoms with Gasteiger partial charge in [-0.3, -0.25) is 4.90 Å². The van der Waals surface area contributed by atoms with E-state index in [1.165, 1.54) is 4.90 Å². The first-order valence-electron chi connectivity index (χ1n) is 12.2. The molecule has 0 aromatic heterocycles. The molecule has 37 heavy (non-hydrogen) atoms.